The van der Waals surface area contributed by atoms with Gasteiger partial charge < -0.3 is 15.0 Å². The molecule has 2 amide bonds. The maximum Gasteiger partial charge on any atom is 0.242 e. The summed E-state index contributed by atoms with van der Waals surface area (Å²) in [5, 5.41) is 3.18. The van der Waals surface area contributed by atoms with Gasteiger partial charge in [0.2, 0.25) is 11.8 Å². The number of nitrogens with zero attached hydrogens (tertiary/aromatic N) is 1. The molecule has 166 valence electrons. The highest BCUT2D eigenvalue weighted by atomic mass is 16.5. The highest BCUT2D eigenvalue weighted by Crippen LogP contribution is 2.19. The molecule has 5 nitrogen and oxygen atoms in total. The molecule has 0 aliphatic heterocycles. The van der Waals surface area contributed by atoms with Crippen molar-refractivity contribution in [1.82, 2.24) is 10.2 Å². The Labute approximate surface area is 185 Å². The minimum absolute atomic E-state index is 0.0484. The van der Waals surface area contributed by atoms with Crippen LogP contribution in [0.15, 0.2) is 48.5 Å². The summed E-state index contributed by atoms with van der Waals surface area (Å²) in [5.74, 6) is 0.648. The van der Waals surface area contributed by atoms with Crippen LogP contribution in [0.4, 0.5) is 0 Å². The van der Waals surface area contributed by atoms with Gasteiger partial charge in [0.15, 0.2) is 0 Å². The Morgan fingerprint density at radius 2 is 1.77 bits per heavy atom. The quantitative estimate of drug-likeness (QED) is 0.685. The first-order valence-electron chi connectivity index (χ1n) is 11.2. The van der Waals surface area contributed by atoms with E-state index in [-0.39, 0.29) is 24.3 Å². The van der Waals surface area contributed by atoms with E-state index in [0.29, 0.717) is 6.54 Å². The molecule has 0 aromatic heterocycles. The van der Waals surface area contributed by atoms with Crippen LogP contribution in [0.5, 0.6) is 5.75 Å². The minimum atomic E-state index is -0.540. The Morgan fingerprint density at radius 3 is 2.42 bits per heavy atom. The average molecular weight is 423 g/mol. The number of benzene rings is 2. The molecule has 0 saturated heterocycles. The number of hydrogen-bond donors (Lipinski definition) is 1. The summed E-state index contributed by atoms with van der Waals surface area (Å²) in [4.78, 5) is 28.0. The number of ether oxygens (including phenoxy) is 1. The monoisotopic (exact) mass is 422 g/mol. The van der Waals surface area contributed by atoms with Gasteiger partial charge in [0.05, 0.1) is 13.5 Å². The summed E-state index contributed by atoms with van der Waals surface area (Å²) in [6.07, 6.45) is 5.87. The van der Waals surface area contributed by atoms with Gasteiger partial charge in [-0.3, -0.25) is 9.59 Å². The molecule has 0 spiro atoms. The van der Waals surface area contributed by atoms with Crippen molar-refractivity contribution in [3.63, 3.8) is 0 Å². The molecule has 1 saturated carbocycles. The number of rotatable bonds is 8. The summed E-state index contributed by atoms with van der Waals surface area (Å²) < 4.78 is 5.24. The number of hydrogen-bond acceptors (Lipinski definition) is 3. The average Bonchev–Trinajstić information content (AvgIpc) is 2.78. The third-order valence-electron chi connectivity index (χ3n) is 6.07. The first-order chi connectivity index (χ1) is 15.0. The van der Waals surface area contributed by atoms with Crippen LogP contribution in [0.1, 0.15) is 55.7 Å². The lowest BCUT2D eigenvalue weighted by Gasteiger charge is -2.31. The molecule has 1 fully saturated rings. The number of nitrogens with one attached hydrogen (secondary N) is 1. The normalized spacial score (nSPS) is 15.2. The Bertz CT molecular complexity index is 872. The van der Waals surface area contributed by atoms with Gasteiger partial charge in [0, 0.05) is 12.6 Å². The molecule has 1 aliphatic carbocycles. The molecule has 0 radical (unpaired) electrons. The number of carbonyl (C=O) groups is 2. The van der Waals surface area contributed by atoms with Crippen LogP contribution in [-0.4, -0.2) is 35.9 Å². The second-order valence-corrected chi connectivity index (χ2v) is 8.56. The van der Waals surface area contributed by atoms with E-state index in [1.165, 1.54) is 6.42 Å². The zero-order chi connectivity index (χ0) is 22.2. The summed E-state index contributed by atoms with van der Waals surface area (Å²) in [7, 11) is 1.63. The summed E-state index contributed by atoms with van der Waals surface area (Å²) >= 11 is 0. The molecule has 2 aromatic rings. The van der Waals surface area contributed by atoms with Crippen LogP contribution in [0.3, 0.4) is 0 Å². The molecule has 0 bridgehead atoms. The molecule has 31 heavy (non-hydrogen) atoms. The zero-order valence-electron chi connectivity index (χ0n) is 18.9. The van der Waals surface area contributed by atoms with Crippen LogP contribution in [0.25, 0.3) is 0 Å². The van der Waals surface area contributed by atoms with E-state index in [1.807, 2.05) is 62.4 Å². The van der Waals surface area contributed by atoms with Gasteiger partial charge in [-0.05, 0) is 49.9 Å². The summed E-state index contributed by atoms with van der Waals surface area (Å²) in [5.41, 5.74) is 3.05. The fourth-order valence-corrected chi connectivity index (χ4v) is 4.18. The zero-order valence-corrected chi connectivity index (χ0v) is 18.9. The van der Waals surface area contributed by atoms with E-state index in [2.05, 4.69) is 5.32 Å². The van der Waals surface area contributed by atoms with Gasteiger partial charge in [-0.1, -0.05) is 61.2 Å². The lowest BCUT2D eigenvalue weighted by atomic mass is 9.95. The third-order valence-corrected chi connectivity index (χ3v) is 6.07. The van der Waals surface area contributed by atoms with Gasteiger partial charge in [0.25, 0.3) is 0 Å². The molecule has 2 aromatic carbocycles. The second-order valence-electron chi connectivity index (χ2n) is 8.56. The standard InChI is InChI=1S/C26H34N2O3/c1-19-8-7-9-22(16-19)17-25(29)28(18-21-12-14-24(31-3)15-13-21)20(2)26(30)27-23-10-5-4-6-11-23/h7-9,12-16,20,23H,4-6,10-11,17-18H2,1-3H3,(H,27,30)/t20-/m1/s1. The molecule has 1 aliphatic rings. The predicted molar refractivity (Wildman–Crippen MR) is 123 cm³/mol. The maximum absolute atomic E-state index is 13.3. The van der Waals surface area contributed by atoms with Crippen LogP contribution in [-0.2, 0) is 22.6 Å². The van der Waals surface area contributed by atoms with E-state index in [0.717, 1.165) is 48.1 Å². The van der Waals surface area contributed by atoms with Gasteiger partial charge >= 0.3 is 0 Å². The van der Waals surface area contributed by atoms with Crippen molar-refractivity contribution in [2.45, 2.75) is 71.0 Å². The van der Waals surface area contributed by atoms with E-state index in [9.17, 15) is 9.59 Å². The van der Waals surface area contributed by atoms with Crippen molar-refractivity contribution in [3.8, 4) is 5.75 Å². The fraction of sp³-hybridized carbons (Fsp3) is 0.462. The van der Waals surface area contributed by atoms with Crippen molar-refractivity contribution in [1.29, 1.82) is 0 Å². The van der Waals surface area contributed by atoms with E-state index in [1.54, 1.807) is 12.0 Å². The number of amides is 2. The van der Waals surface area contributed by atoms with E-state index < -0.39 is 6.04 Å². The smallest absolute Gasteiger partial charge is 0.242 e. The molecule has 3 rings (SSSR count). The largest absolute Gasteiger partial charge is 0.497 e. The highest BCUT2D eigenvalue weighted by Gasteiger charge is 2.28. The summed E-state index contributed by atoms with van der Waals surface area (Å²) in [6, 6.07) is 15.3. The van der Waals surface area contributed by atoms with Crippen LogP contribution in [0.2, 0.25) is 0 Å². The molecule has 1 atom stereocenters. The number of methoxy groups -OCH3 is 1. The molecular weight excluding hydrogens is 388 g/mol. The molecule has 0 unspecified atom stereocenters. The lowest BCUT2D eigenvalue weighted by Crippen LogP contribution is -2.50. The minimum Gasteiger partial charge on any atom is -0.497 e. The van der Waals surface area contributed by atoms with Crippen LogP contribution < -0.4 is 10.1 Å². The Hall–Kier alpha value is -2.82. The SMILES string of the molecule is COc1ccc(CN(C(=O)Cc2cccc(C)c2)[C@H](C)C(=O)NC2CCCCC2)cc1. The lowest BCUT2D eigenvalue weighted by molar-refractivity contribution is -0.140. The molecule has 1 N–H and O–H groups in total. The predicted octanol–water partition coefficient (Wildman–Crippen LogP) is 4.41. The van der Waals surface area contributed by atoms with Crippen LogP contribution >= 0.6 is 0 Å². The highest BCUT2D eigenvalue weighted by molar-refractivity contribution is 5.88. The molecule has 0 heterocycles. The van der Waals surface area contributed by atoms with Gasteiger partial charge in [0.1, 0.15) is 11.8 Å². The van der Waals surface area contributed by atoms with Crippen molar-refractivity contribution in [2.24, 2.45) is 0 Å². The topological polar surface area (TPSA) is 58.6 Å². The number of aryl methyl sites for hydroxylation is 1. The van der Waals surface area contributed by atoms with Crippen LogP contribution in [0, 0.1) is 6.92 Å². The van der Waals surface area contributed by atoms with E-state index >= 15 is 0 Å². The number of carbonyl (C=O) groups excluding carboxylic acids is 2. The van der Waals surface area contributed by atoms with Gasteiger partial charge in [-0.25, -0.2) is 0 Å². The van der Waals surface area contributed by atoms with Crippen molar-refractivity contribution in [3.05, 3.63) is 65.2 Å². The Morgan fingerprint density at radius 1 is 1.06 bits per heavy atom. The maximum atomic E-state index is 13.3. The van der Waals surface area contributed by atoms with Crippen molar-refractivity contribution >= 4 is 11.8 Å². The first-order valence-corrected chi connectivity index (χ1v) is 11.2. The van der Waals surface area contributed by atoms with Crippen molar-refractivity contribution in [2.75, 3.05) is 7.11 Å². The fourth-order valence-electron chi connectivity index (χ4n) is 4.18. The molecular formula is C26H34N2O3. The Balaban J connectivity index is 1.75. The third kappa shape index (κ3) is 6.58. The Kier molecular flexibility index (Phi) is 8.10. The van der Waals surface area contributed by atoms with Gasteiger partial charge in [-0.15, -0.1) is 0 Å². The first kappa shape index (κ1) is 22.9. The molecule has 5 heteroatoms. The second kappa shape index (κ2) is 11.0. The summed E-state index contributed by atoms with van der Waals surface area (Å²) in [6.45, 7) is 4.23. The van der Waals surface area contributed by atoms with E-state index in [4.69, 9.17) is 4.74 Å². The van der Waals surface area contributed by atoms with Crippen molar-refractivity contribution < 1.29 is 14.3 Å². The van der Waals surface area contributed by atoms with Gasteiger partial charge in [-0.2, -0.15) is 0 Å².